The van der Waals surface area contributed by atoms with E-state index in [2.05, 4.69) is 34.9 Å². The molecule has 5 nitrogen and oxygen atoms in total. The summed E-state index contributed by atoms with van der Waals surface area (Å²) in [6, 6.07) is 16.1. The second-order valence-corrected chi connectivity index (χ2v) is 8.74. The normalized spacial score (nSPS) is 12.2. The van der Waals surface area contributed by atoms with E-state index >= 15 is 0 Å². The van der Waals surface area contributed by atoms with Crippen molar-refractivity contribution in [2.24, 2.45) is 5.73 Å². The van der Waals surface area contributed by atoms with Crippen LogP contribution >= 0.6 is 0 Å². The quantitative estimate of drug-likeness (QED) is 0.307. The summed E-state index contributed by atoms with van der Waals surface area (Å²) in [6.45, 7) is 3.71. The van der Waals surface area contributed by atoms with Crippen molar-refractivity contribution in [3.05, 3.63) is 59.7 Å². The van der Waals surface area contributed by atoms with E-state index in [1.54, 1.807) is 0 Å². The topological polar surface area (TPSA) is 70.4 Å². The molecule has 0 aliphatic carbocycles. The maximum absolute atomic E-state index is 13.2. The summed E-state index contributed by atoms with van der Waals surface area (Å²) in [7, 11) is 0. The highest BCUT2D eigenvalue weighted by Crippen LogP contribution is 2.36. The Morgan fingerprint density at radius 3 is 1.73 bits per heavy atom. The van der Waals surface area contributed by atoms with Crippen LogP contribution in [0.5, 0.6) is 0 Å². The van der Waals surface area contributed by atoms with Crippen molar-refractivity contribution in [1.29, 1.82) is 0 Å². The van der Waals surface area contributed by atoms with Gasteiger partial charge in [-0.1, -0.05) is 80.7 Å². The van der Waals surface area contributed by atoms with Gasteiger partial charge in [0.15, 0.2) is 0 Å². The molecule has 1 aliphatic rings. The molecular formula is C28H40N4O. The summed E-state index contributed by atoms with van der Waals surface area (Å²) in [5.74, 6) is 0. The molecule has 0 radical (unpaired) electrons. The number of nitrogens with one attached hydrogen (secondary N) is 2. The van der Waals surface area contributed by atoms with Crippen LogP contribution in [-0.4, -0.2) is 32.2 Å². The Labute approximate surface area is 199 Å². The molecule has 0 atom stereocenters. The van der Waals surface area contributed by atoms with Crippen LogP contribution < -0.4 is 21.3 Å². The predicted molar refractivity (Wildman–Crippen MR) is 141 cm³/mol. The first-order chi connectivity index (χ1) is 16.3. The fourth-order valence-electron chi connectivity index (χ4n) is 4.24. The van der Waals surface area contributed by atoms with E-state index in [1.807, 2.05) is 41.3 Å². The van der Waals surface area contributed by atoms with Gasteiger partial charge < -0.3 is 16.4 Å². The van der Waals surface area contributed by atoms with E-state index in [0.29, 0.717) is 6.54 Å². The number of amides is 2. The maximum atomic E-state index is 13.2. The van der Waals surface area contributed by atoms with Gasteiger partial charge in [0.2, 0.25) is 0 Å². The van der Waals surface area contributed by atoms with Crippen molar-refractivity contribution in [2.75, 3.05) is 31.1 Å². The second kappa shape index (κ2) is 14.5. The molecule has 2 aromatic rings. The van der Waals surface area contributed by atoms with Crippen molar-refractivity contribution in [2.45, 2.75) is 57.8 Å². The minimum Gasteiger partial charge on any atom is -0.337 e. The number of carbonyl (C=O) groups is 1. The number of hydrogen-bond acceptors (Lipinski definition) is 3. The number of nitrogens with zero attached hydrogens (tertiary/aromatic N) is 1. The van der Waals surface area contributed by atoms with E-state index in [9.17, 15) is 4.79 Å². The highest BCUT2D eigenvalue weighted by atomic mass is 16.2. The van der Waals surface area contributed by atoms with Crippen LogP contribution in [0.25, 0.3) is 12.2 Å². The molecule has 33 heavy (non-hydrogen) atoms. The van der Waals surface area contributed by atoms with Crippen LogP contribution in [0.15, 0.2) is 48.5 Å². The lowest BCUT2D eigenvalue weighted by molar-refractivity contribution is 0.248. The van der Waals surface area contributed by atoms with E-state index in [1.165, 1.54) is 38.5 Å². The average molecular weight is 449 g/mol. The van der Waals surface area contributed by atoms with Crippen LogP contribution in [0.2, 0.25) is 0 Å². The molecule has 3 rings (SSSR count). The number of rotatable bonds is 14. The number of nitrogens with two attached hydrogens (primary N) is 1. The third-order valence-corrected chi connectivity index (χ3v) is 6.12. The van der Waals surface area contributed by atoms with Gasteiger partial charge in [0.05, 0.1) is 11.4 Å². The summed E-state index contributed by atoms with van der Waals surface area (Å²) in [5, 5.41) is 6.63. The number of urea groups is 1. The Balaban J connectivity index is 1.34. The molecule has 0 bridgehead atoms. The van der Waals surface area contributed by atoms with Gasteiger partial charge in [-0.3, -0.25) is 4.90 Å². The van der Waals surface area contributed by atoms with Crippen LogP contribution in [-0.2, 0) is 0 Å². The minimum atomic E-state index is -0.0578. The highest BCUT2D eigenvalue weighted by molar-refractivity contribution is 6.05. The first kappa shape index (κ1) is 25.0. The first-order valence-electron chi connectivity index (χ1n) is 12.7. The van der Waals surface area contributed by atoms with Crippen molar-refractivity contribution in [1.82, 2.24) is 10.6 Å². The molecule has 0 saturated carbocycles. The number of para-hydroxylation sites is 2. The van der Waals surface area contributed by atoms with E-state index in [0.717, 1.165) is 61.4 Å². The molecule has 2 aromatic carbocycles. The molecular weight excluding hydrogens is 408 g/mol. The fraction of sp³-hybridized carbons (Fsp3) is 0.464. The SMILES string of the molecule is NCCCCNCCCCCCCCCNC(=O)N1c2ccccc2C=Cc2ccccc21. The Morgan fingerprint density at radius 1 is 0.667 bits per heavy atom. The number of unbranched alkanes of at least 4 members (excludes halogenated alkanes) is 7. The van der Waals surface area contributed by atoms with E-state index in [-0.39, 0.29) is 6.03 Å². The molecule has 0 unspecified atom stereocenters. The molecule has 1 heterocycles. The molecule has 0 saturated heterocycles. The molecule has 0 fully saturated rings. The Morgan fingerprint density at radius 2 is 1.15 bits per heavy atom. The minimum absolute atomic E-state index is 0.0578. The van der Waals surface area contributed by atoms with Crippen LogP contribution in [0.3, 0.4) is 0 Å². The zero-order chi connectivity index (χ0) is 23.1. The third-order valence-electron chi connectivity index (χ3n) is 6.12. The number of carbonyl (C=O) groups excluding carboxylic acids is 1. The second-order valence-electron chi connectivity index (χ2n) is 8.74. The zero-order valence-electron chi connectivity index (χ0n) is 19.9. The molecule has 1 aliphatic heterocycles. The summed E-state index contributed by atoms with van der Waals surface area (Å²) in [5.41, 5.74) is 9.45. The van der Waals surface area contributed by atoms with E-state index in [4.69, 9.17) is 5.73 Å². The number of anilines is 2. The average Bonchev–Trinajstić information content (AvgIpc) is 3.01. The number of hydrogen-bond donors (Lipinski definition) is 3. The predicted octanol–water partition coefficient (Wildman–Crippen LogP) is 6.08. The van der Waals surface area contributed by atoms with Crippen LogP contribution in [0.1, 0.15) is 68.9 Å². The summed E-state index contributed by atoms with van der Waals surface area (Å²) in [6.07, 6.45) is 15.0. The number of fused-ring (bicyclic) bond motifs is 2. The van der Waals surface area contributed by atoms with Gasteiger partial charge in [-0.25, -0.2) is 4.79 Å². The fourth-order valence-corrected chi connectivity index (χ4v) is 4.24. The van der Waals surface area contributed by atoms with Gasteiger partial charge in [-0.2, -0.15) is 0 Å². The van der Waals surface area contributed by atoms with Crippen molar-refractivity contribution < 1.29 is 4.79 Å². The zero-order valence-corrected chi connectivity index (χ0v) is 19.9. The third kappa shape index (κ3) is 8.02. The molecule has 0 spiro atoms. The van der Waals surface area contributed by atoms with Gasteiger partial charge in [-0.15, -0.1) is 0 Å². The molecule has 0 aromatic heterocycles. The Kier molecular flexibility index (Phi) is 11.0. The van der Waals surface area contributed by atoms with Gasteiger partial charge in [-0.05, 0) is 68.6 Å². The van der Waals surface area contributed by atoms with Crippen LogP contribution in [0, 0.1) is 0 Å². The van der Waals surface area contributed by atoms with E-state index < -0.39 is 0 Å². The summed E-state index contributed by atoms with van der Waals surface area (Å²) >= 11 is 0. The van der Waals surface area contributed by atoms with Crippen molar-refractivity contribution >= 4 is 29.6 Å². The van der Waals surface area contributed by atoms with Crippen molar-refractivity contribution in [3.63, 3.8) is 0 Å². The Bertz CT molecular complexity index is 830. The van der Waals surface area contributed by atoms with Gasteiger partial charge in [0.25, 0.3) is 0 Å². The molecule has 5 heteroatoms. The smallest absolute Gasteiger partial charge is 0.326 e. The standard InChI is InChI=1S/C28H40N4O/c29-20-10-13-22-30-21-11-4-2-1-3-5-12-23-31-28(33)32-26-16-8-6-14-24(26)18-19-25-15-7-9-17-27(25)32/h6-9,14-19,30H,1-5,10-13,20-23,29H2,(H,31,33). The van der Waals surface area contributed by atoms with Gasteiger partial charge in [0.1, 0.15) is 0 Å². The number of benzene rings is 2. The lowest BCUT2D eigenvalue weighted by Crippen LogP contribution is -2.37. The van der Waals surface area contributed by atoms with Gasteiger partial charge >= 0.3 is 6.03 Å². The van der Waals surface area contributed by atoms with Crippen LogP contribution in [0.4, 0.5) is 16.2 Å². The lowest BCUT2D eigenvalue weighted by atomic mass is 10.1. The molecule has 178 valence electrons. The molecule has 2 amide bonds. The summed E-state index contributed by atoms with van der Waals surface area (Å²) < 4.78 is 0. The maximum Gasteiger partial charge on any atom is 0.326 e. The van der Waals surface area contributed by atoms with Gasteiger partial charge in [0, 0.05) is 6.54 Å². The molecule has 4 N–H and O–H groups in total. The monoisotopic (exact) mass is 448 g/mol. The van der Waals surface area contributed by atoms with Crippen molar-refractivity contribution in [3.8, 4) is 0 Å². The Hall–Kier alpha value is -2.63. The largest absolute Gasteiger partial charge is 0.337 e. The lowest BCUT2D eigenvalue weighted by Gasteiger charge is -2.25. The highest BCUT2D eigenvalue weighted by Gasteiger charge is 2.23. The first-order valence-corrected chi connectivity index (χ1v) is 12.7. The summed E-state index contributed by atoms with van der Waals surface area (Å²) in [4.78, 5) is 15.0.